The molecule has 0 aromatic rings. The zero-order valence-electron chi connectivity index (χ0n) is 79.2. The number of hydrogen-bond donors (Lipinski definition) is 41. The Morgan fingerprint density at radius 1 is 0.173 bits per heavy atom. The number of ether oxygens (including phenoxy) is 25. The largest absolute Gasteiger partial charge is 0.394 e. The third-order valence-corrected chi connectivity index (χ3v) is 28.0. The highest BCUT2D eigenvalue weighted by molar-refractivity contribution is 5.73. The molecule has 13 fully saturated rings. The number of carbonyl (C=O) groups excluding carboxylic acids is 2. The lowest BCUT2D eigenvalue weighted by Gasteiger charge is -2.51. The molecule has 13 saturated heterocycles. The van der Waals surface area contributed by atoms with E-state index < -0.39 is 497 Å². The molecule has 872 valence electrons. The van der Waals surface area contributed by atoms with E-state index in [-0.39, 0.29) is 0 Å². The van der Waals surface area contributed by atoms with Gasteiger partial charge in [-0.05, 0) is 0 Å². The van der Waals surface area contributed by atoms with E-state index in [1.165, 1.54) is 0 Å². The second kappa shape index (κ2) is 53.8. The zero-order chi connectivity index (χ0) is 110. The maximum absolute atomic E-state index is 13.3. The van der Waals surface area contributed by atoms with Crippen LogP contribution in [0.1, 0.15) is 13.8 Å². The van der Waals surface area contributed by atoms with Gasteiger partial charge in [-0.2, -0.15) is 0 Å². The molecule has 0 radical (unpaired) electrons. The Hall–Kier alpha value is -3.62. The molecule has 13 rings (SSSR count). The van der Waals surface area contributed by atoms with Gasteiger partial charge >= 0.3 is 0 Å². The van der Waals surface area contributed by atoms with Gasteiger partial charge in [0.25, 0.3) is 0 Å². The van der Waals surface area contributed by atoms with Crippen LogP contribution in [0.15, 0.2) is 0 Å². The lowest BCUT2D eigenvalue weighted by atomic mass is 9.94. The van der Waals surface area contributed by atoms with Gasteiger partial charge < -0.3 is 328 Å². The van der Waals surface area contributed by atoms with Crippen molar-refractivity contribution < 1.29 is 327 Å². The van der Waals surface area contributed by atoms with Gasteiger partial charge in [-0.1, -0.05) is 0 Å². The Labute approximate surface area is 845 Å². The van der Waals surface area contributed by atoms with Crippen molar-refractivity contribution in [2.45, 2.75) is 413 Å². The van der Waals surface area contributed by atoms with Gasteiger partial charge in [0, 0.05) is 13.8 Å². The predicted molar refractivity (Wildman–Crippen MR) is 451 cm³/mol. The van der Waals surface area contributed by atoms with Gasteiger partial charge in [-0.25, -0.2) is 0 Å². The highest BCUT2D eigenvalue weighted by Gasteiger charge is 2.64. The van der Waals surface area contributed by atoms with E-state index in [2.05, 4.69) is 10.6 Å². The first-order valence-electron chi connectivity index (χ1n) is 47.7. The number of hydrogen-bond acceptors (Lipinski definition) is 66. The van der Waals surface area contributed by atoms with Crippen LogP contribution in [0.4, 0.5) is 0 Å². The van der Waals surface area contributed by atoms with Crippen molar-refractivity contribution in [1.82, 2.24) is 10.6 Å². The summed E-state index contributed by atoms with van der Waals surface area (Å²) in [6, 6.07) is -3.88. The fraction of sp³-hybridized carbons (Fsp3) is 0.976. The molecule has 68 nitrogen and oxygen atoms in total. The molecule has 13 heterocycles. The number of amides is 2. The summed E-state index contributed by atoms with van der Waals surface area (Å²) < 4.78 is 148. The van der Waals surface area contributed by atoms with Crippen LogP contribution < -0.4 is 10.6 Å². The Morgan fingerprint density at radius 2 is 0.367 bits per heavy atom. The quantitative estimate of drug-likeness (QED) is 0.0272. The average Bonchev–Trinajstić information content (AvgIpc) is 0.753. The monoisotopic (exact) mass is 2210 g/mol. The minimum Gasteiger partial charge on any atom is -0.394 e. The van der Waals surface area contributed by atoms with Crippen LogP contribution in [0.25, 0.3) is 0 Å². The summed E-state index contributed by atoms with van der Waals surface area (Å²) >= 11 is 0. The first-order valence-corrected chi connectivity index (χ1v) is 47.7. The molecule has 1 unspecified atom stereocenters. The van der Waals surface area contributed by atoms with E-state index in [9.17, 15) is 209 Å². The molecule has 13 aliphatic rings. The highest BCUT2D eigenvalue weighted by Crippen LogP contribution is 2.43. The molecule has 0 bridgehead atoms. The van der Waals surface area contributed by atoms with E-state index >= 15 is 0 Å². The molecule has 68 heteroatoms. The Morgan fingerprint density at radius 3 is 0.680 bits per heavy atom. The van der Waals surface area contributed by atoms with Crippen LogP contribution in [-0.4, -0.2) is 696 Å². The van der Waals surface area contributed by atoms with Crippen LogP contribution in [0.2, 0.25) is 0 Å². The molecular formula is C82H138N2O66. The summed E-state index contributed by atoms with van der Waals surface area (Å²) in [6.07, 6.45) is -145. The molecule has 150 heavy (non-hydrogen) atoms. The smallest absolute Gasteiger partial charge is 0.217 e. The molecule has 65 atom stereocenters. The summed E-state index contributed by atoms with van der Waals surface area (Å²) in [5, 5.41) is 444. The maximum atomic E-state index is 13.3. The molecule has 0 saturated carbocycles. The van der Waals surface area contributed by atoms with Gasteiger partial charge in [-0.15, -0.1) is 0 Å². The van der Waals surface area contributed by atoms with Gasteiger partial charge in [0.15, 0.2) is 81.8 Å². The average molecular weight is 2210 g/mol. The van der Waals surface area contributed by atoms with Crippen molar-refractivity contribution in [3.63, 3.8) is 0 Å². The van der Waals surface area contributed by atoms with Crippen LogP contribution in [0, 0.1) is 0 Å². The van der Waals surface area contributed by atoms with E-state index in [0.717, 1.165) is 13.8 Å². The number of nitrogens with one attached hydrogen (secondary N) is 2. The van der Waals surface area contributed by atoms with Gasteiger partial charge in [-0.3, -0.25) is 9.59 Å². The Kier molecular flexibility index (Phi) is 44.2. The minimum absolute atomic E-state index is 0.865. The van der Waals surface area contributed by atoms with Crippen LogP contribution >= 0.6 is 0 Å². The molecule has 0 aromatic carbocycles. The van der Waals surface area contributed by atoms with Gasteiger partial charge in [0.05, 0.1) is 85.9 Å². The van der Waals surface area contributed by atoms with E-state index in [1.807, 2.05) is 0 Å². The summed E-state index contributed by atoms with van der Waals surface area (Å²) in [5.41, 5.74) is 0. The third kappa shape index (κ3) is 26.4. The van der Waals surface area contributed by atoms with Crippen molar-refractivity contribution in [1.29, 1.82) is 0 Å². The van der Waals surface area contributed by atoms with E-state index in [4.69, 9.17) is 118 Å². The van der Waals surface area contributed by atoms with E-state index in [1.54, 1.807) is 0 Å². The van der Waals surface area contributed by atoms with Crippen molar-refractivity contribution in [3.8, 4) is 0 Å². The van der Waals surface area contributed by atoms with Crippen LogP contribution in [-0.2, 0) is 128 Å². The van der Waals surface area contributed by atoms with Gasteiger partial charge in [0.1, 0.15) is 317 Å². The van der Waals surface area contributed by atoms with E-state index in [0.29, 0.717) is 0 Å². The number of aliphatic hydroxyl groups excluding tert-OH is 39. The van der Waals surface area contributed by atoms with Gasteiger partial charge in [0.2, 0.25) is 11.8 Å². The second-order valence-electron chi connectivity index (χ2n) is 38.0. The number of rotatable bonds is 39. The van der Waals surface area contributed by atoms with Crippen molar-refractivity contribution >= 4 is 11.8 Å². The Balaban J connectivity index is 0.899. The maximum Gasteiger partial charge on any atom is 0.217 e. The lowest BCUT2D eigenvalue weighted by molar-refractivity contribution is -0.411. The van der Waals surface area contributed by atoms with Crippen LogP contribution in [0.3, 0.4) is 0 Å². The lowest BCUT2D eigenvalue weighted by Crippen LogP contribution is -2.70. The SMILES string of the molecule is CC(=O)N[C@H]1[C@H](O[C@H]2[C@H](O)[C@@H](NC(C)=O)C(O)O[C@@H]2CO)O[C@H](CO)[C@@H](O[C@@H]2O[C@H](CO[C@H]3O[C@H](CO[C@H]4O[C@H](CO)[C@@H](O)[C@H](O)[C@@H]4O[C@H]4O[C@H](CO)[C@@H](O)[C@H](O)[C@@H]4O)[C@@H](O)[C@H](O[C@H]4O[C@H](CO)[C@@H](O)[C@H](O)[C@@H]4O[C@H]4O[C@H](CO)[C@@H](O)[C@H](O)[C@@H]4O)[C@@H]3O)[C@@H](O)[C@H](O[C@H]3O[C@H](CO[C@H]4O[C@H](CO)[C@@H](O)[C@@H](O)[C@@H]4O[C@H]4O[C@H](CO)[C@@H](O)[C@H](O)[C@@H]4O)[C@@H](O)[C@H](O)[C@@H]3O[C@H]3O[C@H](CO)[C@@H](O)[C@H](O)[C@@H]3O[C@H]3O[C@H](CO)[C@@H](O)[C@H](O)[C@@H]3O)[C@@H]2O)[C@@H]1O. The van der Waals surface area contributed by atoms with Crippen molar-refractivity contribution in [3.05, 3.63) is 0 Å². The summed E-state index contributed by atoms with van der Waals surface area (Å²) in [7, 11) is 0. The molecule has 0 aliphatic carbocycles. The molecular weight excluding hydrogens is 2070 g/mol. The number of carbonyl (C=O) groups is 2. The van der Waals surface area contributed by atoms with Crippen molar-refractivity contribution in [2.24, 2.45) is 0 Å². The van der Waals surface area contributed by atoms with Crippen LogP contribution in [0.5, 0.6) is 0 Å². The summed E-state index contributed by atoms with van der Waals surface area (Å²) in [4.78, 5) is 25.7. The second-order valence-corrected chi connectivity index (χ2v) is 38.0. The standard InChI is InChI=1S/C82H138N2O66/c1-16(95)83-31-44(108)61(26(11-93)129-70(31)125)142-71-32(84-17(2)96)45(109)62(27(12-94)138-71)143-77-60(124)64(145-82-69(150-81-68(53(117)40(104)25(10-92)137-81)149-76-58(122)49(113)36(100)21(6-88)133-76)54(118)41(105)28(141-82)13-127-78-65(50(114)37(101)22(7-89)134-78)146-73-55(119)46(110)33(97)18(3-85)130-73)43(107)30(140-77)14-126-72-59(123)63(144-80-67(52(116)39(103)24(9-91)136-80)148-75-57(121)48(112)35(99)20(5-87)132-75)42(106)29(139-72)15-128-79-66(51(115)38(102)23(8-90)135-79)147-74-56(120)47(111)34(98)19(4-86)131-74/h18-82,85-94,97-125H,3-15H2,1-2H3,(H,83,95)(H,84,96)/t18-,19-,20-,21-,22-,23-,24-,25-,26-,27-,28-,29-,30-,31-,32-,33-,34-,35-,36-,37-,38-,39-,40-,41-,42-,43-,44-,45-,46+,47+,48+,49+,50-,51+,52+,53+,54+,55+,56+,57+,58+,59+,60+,61-,62-,63+,64+,65+,66+,67+,68+,69+,70?,71+,72+,73-,74-,75-,76-,77+,78+,79+,80-,81-,82-/m1/s1. The third-order valence-electron chi connectivity index (χ3n) is 28.0. The topological polar surface area (TPSA) is 1080 Å². The first-order chi connectivity index (χ1) is 71.1. The Bertz CT molecular complexity index is 4070. The molecule has 0 spiro atoms. The molecule has 13 aliphatic heterocycles. The summed E-state index contributed by atoms with van der Waals surface area (Å²) in [6.45, 7) is -14.0. The fourth-order valence-electron chi connectivity index (χ4n) is 19.3. The molecule has 2 amide bonds. The highest BCUT2D eigenvalue weighted by atomic mass is 16.8. The number of aliphatic hydroxyl groups is 39. The van der Waals surface area contributed by atoms with Crippen molar-refractivity contribution in [2.75, 3.05) is 85.9 Å². The first kappa shape index (κ1) is 123. The minimum atomic E-state index is -2.88. The predicted octanol–water partition coefficient (Wildman–Crippen LogP) is -29.0. The normalized spacial score (nSPS) is 52.1. The molecule has 41 N–H and O–H groups in total. The zero-order valence-corrected chi connectivity index (χ0v) is 79.2. The summed E-state index contributed by atoms with van der Waals surface area (Å²) in [5.74, 6) is -1.93. The fourth-order valence-corrected chi connectivity index (χ4v) is 19.3. The molecule has 0 aromatic heterocycles.